The van der Waals surface area contributed by atoms with E-state index in [1.807, 2.05) is 4.57 Å². The molecule has 3 rings (SSSR count). The summed E-state index contributed by atoms with van der Waals surface area (Å²) in [4.78, 5) is 16.3. The van der Waals surface area contributed by atoms with Crippen molar-refractivity contribution in [3.05, 3.63) is 12.7 Å². The predicted octanol–water partition coefficient (Wildman–Crippen LogP) is 0.576. The molecule has 0 saturated carbocycles. The van der Waals surface area contributed by atoms with E-state index >= 15 is 0 Å². The summed E-state index contributed by atoms with van der Waals surface area (Å²) in [5, 5.41) is 8.42. The van der Waals surface area contributed by atoms with Gasteiger partial charge in [-0.1, -0.05) is 0 Å². The van der Waals surface area contributed by atoms with E-state index in [0.29, 0.717) is 17.0 Å². The van der Waals surface area contributed by atoms with Gasteiger partial charge in [-0.05, 0) is 12.8 Å². The maximum Gasteiger partial charge on any atom is 0.167 e. The van der Waals surface area contributed by atoms with Gasteiger partial charge in [-0.2, -0.15) is 0 Å². The van der Waals surface area contributed by atoms with E-state index in [4.69, 9.17) is 15.7 Å². The van der Waals surface area contributed by atoms with Crippen LogP contribution in [-0.2, 0) is 9.62 Å². The third kappa shape index (κ3) is 1.80. The molecule has 18 heavy (non-hydrogen) atoms. The van der Waals surface area contributed by atoms with Gasteiger partial charge >= 0.3 is 0 Å². The summed E-state index contributed by atoms with van der Waals surface area (Å²) in [5.74, 6) is 0.354. The third-order valence-corrected chi connectivity index (χ3v) is 3.04. The zero-order chi connectivity index (χ0) is 12.5. The SMILES string of the molecule is Nc1ncnc2c1ncn2C1CCC(COO)O1. The van der Waals surface area contributed by atoms with E-state index in [1.165, 1.54) is 6.33 Å². The molecule has 2 unspecified atom stereocenters. The summed E-state index contributed by atoms with van der Waals surface area (Å²) in [6.07, 6.45) is 4.39. The molecule has 3 heterocycles. The Morgan fingerprint density at radius 1 is 1.44 bits per heavy atom. The molecule has 1 aliphatic rings. The highest BCUT2D eigenvalue weighted by atomic mass is 17.1. The Morgan fingerprint density at radius 3 is 3.17 bits per heavy atom. The lowest BCUT2D eigenvalue weighted by atomic mass is 10.2. The zero-order valence-corrected chi connectivity index (χ0v) is 9.56. The monoisotopic (exact) mass is 251 g/mol. The Labute approximate surface area is 102 Å². The Bertz CT molecular complexity index is 557. The van der Waals surface area contributed by atoms with Gasteiger partial charge in [0.25, 0.3) is 0 Å². The van der Waals surface area contributed by atoms with E-state index in [9.17, 15) is 0 Å². The van der Waals surface area contributed by atoms with Crippen LogP contribution in [-0.4, -0.2) is 37.5 Å². The molecule has 1 fully saturated rings. The molecule has 3 N–H and O–H groups in total. The molecule has 96 valence electrons. The maximum atomic E-state index is 8.42. The minimum Gasteiger partial charge on any atom is -0.382 e. The van der Waals surface area contributed by atoms with Crippen molar-refractivity contribution in [2.75, 3.05) is 12.3 Å². The van der Waals surface area contributed by atoms with Crippen LogP contribution in [0.3, 0.4) is 0 Å². The molecule has 8 heteroatoms. The molecular weight excluding hydrogens is 238 g/mol. The van der Waals surface area contributed by atoms with Gasteiger partial charge in [0, 0.05) is 0 Å². The molecule has 0 aromatic carbocycles. The highest BCUT2D eigenvalue weighted by Gasteiger charge is 2.28. The Balaban J connectivity index is 1.89. The second kappa shape index (κ2) is 4.48. The lowest BCUT2D eigenvalue weighted by Gasteiger charge is -2.14. The molecule has 0 bridgehead atoms. The summed E-state index contributed by atoms with van der Waals surface area (Å²) in [6.45, 7) is 0.167. The van der Waals surface area contributed by atoms with Gasteiger partial charge in [0.15, 0.2) is 11.5 Å². The first-order valence-corrected chi connectivity index (χ1v) is 5.64. The summed E-state index contributed by atoms with van der Waals surface area (Å²) < 4.78 is 7.56. The van der Waals surface area contributed by atoms with Crippen LogP contribution in [0.25, 0.3) is 11.2 Å². The molecule has 0 amide bonds. The summed E-state index contributed by atoms with van der Waals surface area (Å²) >= 11 is 0. The third-order valence-electron chi connectivity index (χ3n) is 3.04. The molecule has 1 aliphatic heterocycles. The molecule has 0 radical (unpaired) electrons. The molecule has 0 aliphatic carbocycles. The molecule has 2 aromatic heterocycles. The number of fused-ring (bicyclic) bond motifs is 1. The van der Waals surface area contributed by atoms with Gasteiger partial charge in [0.1, 0.15) is 24.7 Å². The van der Waals surface area contributed by atoms with Crippen LogP contribution in [0, 0.1) is 0 Å². The minimum absolute atomic E-state index is 0.114. The average Bonchev–Trinajstić information content (AvgIpc) is 2.96. The first-order valence-electron chi connectivity index (χ1n) is 5.64. The van der Waals surface area contributed by atoms with Gasteiger partial charge in [-0.25, -0.2) is 19.8 Å². The largest absolute Gasteiger partial charge is 0.382 e. The quantitative estimate of drug-likeness (QED) is 0.606. The Hall–Kier alpha value is -1.77. The van der Waals surface area contributed by atoms with E-state index in [2.05, 4.69) is 19.8 Å². The van der Waals surface area contributed by atoms with Crippen LogP contribution in [0.1, 0.15) is 19.1 Å². The van der Waals surface area contributed by atoms with Gasteiger partial charge in [-0.15, -0.1) is 0 Å². The van der Waals surface area contributed by atoms with Crippen molar-refractivity contribution in [3.63, 3.8) is 0 Å². The van der Waals surface area contributed by atoms with Crippen molar-refractivity contribution in [3.8, 4) is 0 Å². The van der Waals surface area contributed by atoms with Gasteiger partial charge in [0.2, 0.25) is 0 Å². The number of imidazole rings is 1. The summed E-state index contributed by atoms with van der Waals surface area (Å²) in [5.41, 5.74) is 6.95. The topological polar surface area (TPSA) is 108 Å². The molecule has 2 atom stereocenters. The van der Waals surface area contributed by atoms with Crippen molar-refractivity contribution in [1.82, 2.24) is 19.5 Å². The fourth-order valence-corrected chi connectivity index (χ4v) is 2.18. The fraction of sp³-hybridized carbons (Fsp3) is 0.500. The number of nitrogen functional groups attached to an aromatic ring is 1. The highest BCUT2D eigenvalue weighted by molar-refractivity contribution is 5.81. The molecule has 1 saturated heterocycles. The van der Waals surface area contributed by atoms with Gasteiger partial charge in [0.05, 0.1) is 12.4 Å². The van der Waals surface area contributed by atoms with Crippen LogP contribution in [0.15, 0.2) is 12.7 Å². The number of hydrogen-bond acceptors (Lipinski definition) is 7. The maximum absolute atomic E-state index is 8.42. The second-order valence-electron chi connectivity index (χ2n) is 4.17. The van der Waals surface area contributed by atoms with Crippen LogP contribution in [0.2, 0.25) is 0 Å². The second-order valence-corrected chi connectivity index (χ2v) is 4.17. The number of hydrogen-bond donors (Lipinski definition) is 2. The number of aromatic nitrogens is 4. The molecular formula is C10H13N5O3. The average molecular weight is 251 g/mol. The van der Waals surface area contributed by atoms with Crippen LogP contribution in [0.5, 0.6) is 0 Å². The van der Waals surface area contributed by atoms with Crippen LogP contribution in [0.4, 0.5) is 5.82 Å². The Morgan fingerprint density at radius 2 is 2.33 bits per heavy atom. The normalized spacial score (nSPS) is 23.8. The number of nitrogens with zero attached hydrogens (tertiary/aromatic N) is 4. The first-order chi connectivity index (χ1) is 8.79. The molecule has 0 spiro atoms. The fourth-order valence-electron chi connectivity index (χ4n) is 2.18. The highest BCUT2D eigenvalue weighted by Crippen LogP contribution is 2.30. The lowest BCUT2D eigenvalue weighted by molar-refractivity contribution is -0.260. The number of anilines is 1. The summed E-state index contributed by atoms with van der Waals surface area (Å²) in [6, 6.07) is 0. The zero-order valence-electron chi connectivity index (χ0n) is 9.56. The van der Waals surface area contributed by atoms with E-state index in [1.54, 1.807) is 6.33 Å². The minimum atomic E-state index is -0.163. The van der Waals surface area contributed by atoms with Crippen LogP contribution >= 0.6 is 0 Å². The number of nitrogens with two attached hydrogens (primary N) is 1. The van der Waals surface area contributed by atoms with E-state index in [-0.39, 0.29) is 18.9 Å². The van der Waals surface area contributed by atoms with Crippen molar-refractivity contribution in [2.45, 2.75) is 25.2 Å². The Kier molecular flexibility index (Phi) is 2.82. The molecule has 8 nitrogen and oxygen atoms in total. The predicted molar refractivity (Wildman–Crippen MR) is 61.5 cm³/mol. The van der Waals surface area contributed by atoms with Gasteiger partial charge in [-0.3, -0.25) is 9.82 Å². The number of ether oxygens (including phenoxy) is 1. The van der Waals surface area contributed by atoms with E-state index in [0.717, 1.165) is 12.8 Å². The standard InChI is InChI=1S/C10H13N5O3/c11-9-8-10(13-4-12-9)15(5-14-8)7-2-1-6(18-7)3-17-16/h4-7,16H,1-3H2,(H2,11,12,13). The molecule has 2 aromatic rings. The van der Waals surface area contributed by atoms with Crippen molar-refractivity contribution >= 4 is 17.0 Å². The van der Waals surface area contributed by atoms with Crippen molar-refractivity contribution in [2.24, 2.45) is 0 Å². The first kappa shape index (κ1) is 11.3. The summed E-state index contributed by atoms with van der Waals surface area (Å²) in [7, 11) is 0. The van der Waals surface area contributed by atoms with Crippen LogP contribution < -0.4 is 5.73 Å². The van der Waals surface area contributed by atoms with Gasteiger partial charge < -0.3 is 10.5 Å². The number of rotatable bonds is 3. The van der Waals surface area contributed by atoms with Crippen molar-refractivity contribution in [1.29, 1.82) is 0 Å². The smallest absolute Gasteiger partial charge is 0.167 e. The lowest BCUT2D eigenvalue weighted by Crippen LogP contribution is -2.15. The van der Waals surface area contributed by atoms with Crippen molar-refractivity contribution < 1.29 is 14.9 Å². The van der Waals surface area contributed by atoms with E-state index < -0.39 is 0 Å².